The molecule has 0 fully saturated rings. The Kier molecular flexibility index (Phi) is 5.91. The third kappa shape index (κ3) is 4.29. The minimum atomic E-state index is -1.17. The largest absolute Gasteiger partial charge is 0.478 e. The number of fused-ring (bicyclic) bond motifs is 1. The quantitative estimate of drug-likeness (QED) is 0.536. The van der Waals surface area contributed by atoms with Crippen molar-refractivity contribution in [2.24, 2.45) is 0 Å². The lowest BCUT2D eigenvalue weighted by Gasteiger charge is -2.25. The van der Waals surface area contributed by atoms with E-state index in [2.05, 4.69) is 5.32 Å². The van der Waals surface area contributed by atoms with Crippen LogP contribution in [0.5, 0.6) is 5.75 Å². The van der Waals surface area contributed by atoms with Crippen molar-refractivity contribution in [3.8, 4) is 5.75 Å². The number of ether oxygens (including phenoxy) is 2. The van der Waals surface area contributed by atoms with E-state index < -0.39 is 11.6 Å². The van der Waals surface area contributed by atoms with Crippen molar-refractivity contribution < 1.29 is 19.1 Å². The summed E-state index contributed by atoms with van der Waals surface area (Å²) in [6.07, 6.45) is 0. The van der Waals surface area contributed by atoms with Gasteiger partial charge >= 0.3 is 5.97 Å². The van der Waals surface area contributed by atoms with E-state index in [0.29, 0.717) is 21.3 Å². The zero-order valence-electron chi connectivity index (χ0n) is 15.7. The van der Waals surface area contributed by atoms with Crippen LogP contribution in [0.3, 0.4) is 0 Å². The highest BCUT2D eigenvalue weighted by atomic mass is 35.5. The number of carbonyl (C=O) groups excluding carboxylic acids is 2. The zero-order chi connectivity index (χ0) is 20.3. The van der Waals surface area contributed by atoms with Gasteiger partial charge in [0.1, 0.15) is 16.3 Å². The Morgan fingerprint density at radius 2 is 1.79 bits per heavy atom. The van der Waals surface area contributed by atoms with Crippen molar-refractivity contribution in [3.05, 3.63) is 59.1 Å². The topological polar surface area (TPSA) is 64.6 Å². The van der Waals surface area contributed by atoms with Crippen LogP contribution in [0.4, 0.5) is 5.00 Å². The van der Waals surface area contributed by atoms with E-state index in [4.69, 9.17) is 21.1 Å². The smallest absolute Gasteiger partial charge is 0.341 e. The van der Waals surface area contributed by atoms with Crippen LogP contribution in [0.2, 0.25) is 5.02 Å². The number of anilines is 1. The minimum Gasteiger partial charge on any atom is -0.478 e. The molecule has 1 aromatic heterocycles. The fraction of sp³-hybridized carbons (Fsp3) is 0.238. The molecule has 1 amide bonds. The van der Waals surface area contributed by atoms with Crippen molar-refractivity contribution >= 4 is 49.9 Å². The molecular weight excluding hydrogens is 398 g/mol. The Bertz CT molecular complexity index is 1010. The van der Waals surface area contributed by atoms with Crippen molar-refractivity contribution in [2.45, 2.75) is 26.4 Å². The average Bonchev–Trinajstić information content (AvgIpc) is 3.01. The van der Waals surface area contributed by atoms with Crippen molar-refractivity contribution in [3.63, 3.8) is 0 Å². The maximum absolute atomic E-state index is 12.9. The first-order valence-electron chi connectivity index (χ1n) is 8.76. The third-order valence-electron chi connectivity index (χ3n) is 4.04. The molecule has 0 aliphatic carbocycles. The molecular formula is C21H20ClNO4S. The predicted octanol–water partition coefficient (Wildman–Crippen LogP) is 5.53. The fourth-order valence-electron chi connectivity index (χ4n) is 2.64. The van der Waals surface area contributed by atoms with E-state index in [1.54, 1.807) is 45.0 Å². The summed E-state index contributed by atoms with van der Waals surface area (Å²) in [5, 5.41) is 4.61. The molecule has 0 bridgehead atoms. The number of hydrogen-bond donors (Lipinski definition) is 1. The van der Waals surface area contributed by atoms with Gasteiger partial charge in [-0.2, -0.15) is 0 Å². The Hall–Kier alpha value is -2.57. The van der Waals surface area contributed by atoms with Gasteiger partial charge in [0.25, 0.3) is 5.91 Å². The van der Waals surface area contributed by atoms with Gasteiger partial charge in [0.15, 0.2) is 5.60 Å². The summed E-state index contributed by atoms with van der Waals surface area (Å²) in [4.78, 5) is 25.4. The van der Waals surface area contributed by atoms with Crippen LogP contribution in [-0.2, 0) is 9.53 Å². The molecule has 146 valence electrons. The third-order valence-corrected chi connectivity index (χ3v) is 5.37. The highest BCUT2D eigenvalue weighted by molar-refractivity contribution is 7.23. The van der Waals surface area contributed by atoms with Gasteiger partial charge in [0, 0.05) is 15.1 Å². The van der Waals surface area contributed by atoms with Gasteiger partial charge in [-0.05, 0) is 51.1 Å². The van der Waals surface area contributed by atoms with Gasteiger partial charge in [-0.1, -0.05) is 29.8 Å². The number of rotatable bonds is 6. The van der Waals surface area contributed by atoms with E-state index >= 15 is 0 Å². The van der Waals surface area contributed by atoms with Crippen LogP contribution >= 0.6 is 22.9 Å². The number of hydrogen-bond acceptors (Lipinski definition) is 5. The number of carbonyl (C=O) groups is 2. The Labute approximate surface area is 172 Å². The second kappa shape index (κ2) is 8.20. The maximum Gasteiger partial charge on any atom is 0.341 e. The number of amides is 1. The lowest BCUT2D eigenvalue weighted by molar-refractivity contribution is -0.128. The zero-order valence-corrected chi connectivity index (χ0v) is 17.3. The molecule has 28 heavy (non-hydrogen) atoms. The van der Waals surface area contributed by atoms with Crippen molar-refractivity contribution in [2.75, 3.05) is 11.9 Å². The molecule has 3 rings (SSSR count). The van der Waals surface area contributed by atoms with E-state index in [1.807, 2.05) is 24.3 Å². The molecule has 0 aliphatic heterocycles. The lowest BCUT2D eigenvalue weighted by atomic mass is 10.1. The van der Waals surface area contributed by atoms with E-state index in [9.17, 15) is 9.59 Å². The normalized spacial score (nSPS) is 11.3. The van der Waals surface area contributed by atoms with Crippen LogP contribution in [0, 0.1) is 0 Å². The van der Waals surface area contributed by atoms with Crippen LogP contribution < -0.4 is 10.1 Å². The Balaban J connectivity index is 1.88. The van der Waals surface area contributed by atoms with Gasteiger partial charge in [-0.25, -0.2) is 4.79 Å². The minimum absolute atomic E-state index is 0.252. The summed E-state index contributed by atoms with van der Waals surface area (Å²) in [6.45, 7) is 5.32. The van der Waals surface area contributed by atoms with E-state index in [0.717, 1.165) is 10.1 Å². The lowest BCUT2D eigenvalue weighted by Crippen LogP contribution is -2.42. The van der Waals surface area contributed by atoms with Crippen LogP contribution in [0.25, 0.3) is 10.1 Å². The number of halogens is 1. The second-order valence-electron chi connectivity index (χ2n) is 6.54. The standard InChI is InChI=1S/C21H20ClNO4S/c1-4-26-19(24)17-15-7-5-6-8-16(15)28-18(17)23-20(25)21(2,3)27-14-11-9-13(22)10-12-14/h5-12H,4H2,1-3H3,(H,23,25). The number of benzene rings is 2. The summed E-state index contributed by atoms with van der Waals surface area (Å²) in [5.41, 5.74) is -0.811. The number of nitrogens with one attached hydrogen (secondary N) is 1. The number of esters is 1. The molecule has 1 heterocycles. The summed E-state index contributed by atoms with van der Waals surface area (Å²) in [6, 6.07) is 14.2. The predicted molar refractivity (Wildman–Crippen MR) is 113 cm³/mol. The van der Waals surface area contributed by atoms with Crippen LogP contribution in [-0.4, -0.2) is 24.1 Å². The summed E-state index contributed by atoms with van der Waals surface area (Å²) in [5.74, 6) is -0.322. The van der Waals surface area contributed by atoms with Gasteiger partial charge in [-0.15, -0.1) is 11.3 Å². The molecule has 0 saturated heterocycles. The van der Waals surface area contributed by atoms with Crippen LogP contribution in [0.15, 0.2) is 48.5 Å². The Morgan fingerprint density at radius 1 is 1.11 bits per heavy atom. The summed E-state index contributed by atoms with van der Waals surface area (Å²) >= 11 is 7.21. The molecule has 2 aromatic carbocycles. The molecule has 1 N–H and O–H groups in total. The summed E-state index contributed by atoms with van der Waals surface area (Å²) in [7, 11) is 0. The number of thiophene rings is 1. The van der Waals surface area contributed by atoms with Gasteiger partial charge in [0.05, 0.1) is 6.61 Å². The molecule has 3 aromatic rings. The molecule has 0 aliphatic rings. The summed E-state index contributed by atoms with van der Waals surface area (Å²) < 4.78 is 11.9. The molecule has 0 atom stereocenters. The van der Waals surface area contributed by atoms with Crippen molar-refractivity contribution in [1.29, 1.82) is 0 Å². The van der Waals surface area contributed by atoms with Crippen molar-refractivity contribution in [1.82, 2.24) is 0 Å². The van der Waals surface area contributed by atoms with Gasteiger partial charge < -0.3 is 14.8 Å². The first-order chi connectivity index (χ1) is 13.3. The molecule has 0 unspecified atom stereocenters. The second-order valence-corrected chi connectivity index (χ2v) is 8.03. The maximum atomic E-state index is 12.9. The molecule has 0 saturated carbocycles. The molecule has 0 spiro atoms. The first-order valence-corrected chi connectivity index (χ1v) is 9.96. The van der Waals surface area contributed by atoms with Gasteiger partial charge in [0.2, 0.25) is 0 Å². The molecule has 0 radical (unpaired) electrons. The monoisotopic (exact) mass is 417 g/mol. The Morgan fingerprint density at radius 3 is 2.46 bits per heavy atom. The highest BCUT2D eigenvalue weighted by Gasteiger charge is 2.32. The SMILES string of the molecule is CCOC(=O)c1c(NC(=O)C(C)(C)Oc2ccc(Cl)cc2)sc2ccccc12. The fourth-order valence-corrected chi connectivity index (χ4v) is 3.85. The molecule has 7 heteroatoms. The average molecular weight is 418 g/mol. The van der Waals surface area contributed by atoms with E-state index in [-0.39, 0.29) is 12.5 Å². The highest BCUT2D eigenvalue weighted by Crippen LogP contribution is 2.37. The van der Waals surface area contributed by atoms with Gasteiger partial charge in [-0.3, -0.25) is 4.79 Å². The van der Waals surface area contributed by atoms with E-state index in [1.165, 1.54) is 11.3 Å². The molecule has 5 nitrogen and oxygen atoms in total. The first kappa shape index (κ1) is 20.2. The van der Waals surface area contributed by atoms with Crippen LogP contribution in [0.1, 0.15) is 31.1 Å².